The zero-order valence-corrected chi connectivity index (χ0v) is 15.3. The van der Waals surface area contributed by atoms with Gasteiger partial charge < -0.3 is 9.84 Å². The molecule has 1 aliphatic rings. The van der Waals surface area contributed by atoms with Gasteiger partial charge in [-0.3, -0.25) is 4.79 Å². The fourth-order valence-electron chi connectivity index (χ4n) is 3.00. The van der Waals surface area contributed by atoms with Crippen LogP contribution in [0, 0.1) is 6.92 Å². The molecule has 0 saturated heterocycles. The average Bonchev–Trinajstić information content (AvgIpc) is 2.61. The number of carbonyl (C=O) groups excluding carboxylic acids is 1. The number of aryl methyl sites for hydroxylation is 2. The Labute approximate surface area is 150 Å². The number of halogens is 1. The number of rotatable bonds is 5. The number of carbonyl (C=O) groups is 1. The van der Waals surface area contributed by atoms with Gasteiger partial charge in [-0.2, -0.15) is 0 Å². The quantitative estimate of drug-likeness (QED) is 0.765. The molecule has 0 aromatic heterocycles. The minimum Gasteiger partial charge on any atom is -0.489 e. The fraction of sp³-hybridized carbons (Fsp3) is 0.350. The first-order valence-corrected chi connectivity index (χ1v) is 9.33. The van der Waals surface area contributed by atoms with Gasteiger partial charge in [0, 0.05) is 17.3 Å². The molecule has 1 N–H and O–H groups in total. The van der Waals surface area contributed by atoms with Crippen molar-refractivity contribution in [2.24, 2.45) is 0 Å². The number of alkyl halides is 1. The minimum atomic E-state index is -0.522. The Balaban J connectivity index is 1.76. The summed E-state index contributed by atoms with van der Waals surface area (Å²) in [5.74, 6) is 0.926. The van der Waals surface area contributed by atoms with Gasteiger partial charge in [0.25, 0.3) is 0 Å². The highest BCUT2D eigenvalue weighted by Gasteiger charge is 2.17. The highest BCUT2D eigenvalue weighted by molar-refractivity contribution is 9.09. The Morgan fingerprint density at radius 2 is 2.04 bits per heavy atom. The van der Waals surface area contributed by atoms with Crippen LogP contribution in [0.3, 0.4) is 0 Å². The second kappa shape index (κ2) is 7.49. The van der Waals surface area contributed by atoms with Crippen molar-refractivity contribution in [1.82, 2.24) is 0 Å². The minimum absolute atomic E-state index is 0.209. The lowest BCUT2D eigenvalue weighted by Crippen LogP contribution is -2.11. The van der Waals surface area contributed by atoms with Gasteiger partial charge in [-0.25, -0.2) is 0 Å². The van der Waals surface area contributed by atoms with E-state index in [9.17, 15) is 9.90 Å². The largest absolute Gasteiger partial charge is 0.489 e. The highest BCUT2D eigenvalue weighted by atomic mass is 79.9. The van der Waals surface area contributed by atoms with Crippen LogP contribution in [0.4, 0.5) is 0 Å². The van der Waals surface area contributed by atoms with Crippen LogP contribution in [0.5, 0.6) is 5.75 Å². The Bertz CT molecular complexity index is 755. The van der Waals surface area contributed by atoms with Gasteiger partial charge in [-0.05, 0) is 60.2 Å². The molecule has 0 radical (unpaired) electrons. The van der Waals surface area contributed by atoms with Gasteiger partial charge in [0.2, 0.25) is 0 Å². The zero-order chi connectivity index (χ0) is 17.1. The van der Waals surface area contributed by atoms with Crippen molar-refractivity contribution >= 4 is 21.7 Å². The maximum absolute atomic E-state index is 12.0. The first kappa shape index (κ1) is 17.2. The monoisotopic (exact) mass is 388 g/mol. The van der Waals surface area contributed by atoms with E-state index in [0.29, 0.717) is 18.4 Å². The van der Waals surface area contributed by atoms with E-state index < -0.39 is 6.10 Å². The van der Waals surface area contributed by atoms with E-state index in [0.717, 1.165) is 46.4 Å². The predicted molar refractivity (Wildman–Crippen MR) is 98.0 cm³/mol. The van der Waals surface area contributed by atoms with Crippen LogP contribution in [-0.4, -0.2) is 16.2 Å². The summed E-state index contributed by atoms with van der Waals surface area (Å²) < 4.78 is 5.91. The van der Waals surface area contributed by atoms with Crippen LogP contribution in [0.2, 0.25) is 0 Å². The smallest absolute Gasteiger partial charge is 0.163 e. The Kier molecular flexibility index (Phi) is 5.36. The van der Waals surface area contributed by atoms with Crippen molar-refractivity contribution in [3.8, 4) is 5.75 Å². The van der Waals surface area contributed by atoms with Gasteiger partial charge in [0.1, 0.15) is 12.4 Å². The number of hydrogen-bond acceptors (Lipinski definition) is 3. The molecule has 0 fully saturated rings. The topological polar surface area (TPSA) is 46.5 Å². The molecule has 2 aromatic carbocycles. The van der Waals surface area contributed by atoms with Crippen LogP contribution in [-0.2, 0) is 13.0 Å². The van der Waals surface area contributed by atoms with Crippen LogP contribution in [0.25, 0.3) is 0 Å². The number of hydrogen-bond donors (Lipinski definition) is 1. The Morgan fingerprint density at radius 1 is 1.21 bits per heavy atom. The molecule has 1 atom stereocenters. The van der Waals surface area contributed by atoms with E-state index in [1.54, 1.807) is 0 Å². The van der Waals surface area contributed by atoms with Crippen molar-refractivity contribution in [2.45, 2.75) is 38.9 Å². The molecule has 0 amide bonds. The summed E-state index contributed by atoms with van der Waals surface area (Å²) in [6.45, 7) is 2.45. The highest BCUT2D eigenvalue weighted by Crippen LogP contribution is 2.26. The molecule has 0 spiro atoms. The SMILES string of the molecule is Cc1ccc(C(O)CBr)cc1COc1ccc2c(c1)C(=O)CCC2. The number of aliphatic hydroxyl groups excluding tert-OH is 1. The molecule has 126 valence electrons. The molecule has 0 aliphatic heterocycles. The summed E-state index contributed by atoms with van der Waals surface area (Å²) in [6.07, 6.45) is 2.01. The predicted octanol–water partition coefficient (Wildman–Crippen LogP) is 4.52. The molecule has 4 heteroatoms. The summed E-state index contributed by atoms with van der Waals surface area (Å²) >= 11 is 3.30. The fourth-order valence-corrected chi connectivity index (χ4v) is 3.38. The third-order valence-corrected chi connectivity index (χ3v) is 5.14. The van der Waals surface area contributed by atoms with Gasteiger partial charge in [-0.1, -0.05) is 34.1 Å². The molecule has 24 heavy (non-hydrogen) atoms. The summed E-state index contributed by atoms with van der Waals surface area (Å²) in [5, 5.41) is 10.5. The number of ether oxygens (including phenoxy) is 1. The van der Waals surface area contributed by atoms with Crippen LogP contribution >= 0.6 is 15.9 Å². The molecule has 2 aromatic rings. The number of fused-ring (bicyclic) bond motifs is 1. The first-order chi connectivity index (χ1) is 11.6. The lowest BCUT2D eigenvalue weighted by atomic mass is 9.90. The maximum atomic E-state index is 12.0. The maximum Gasteiger partial charge on any atom is 0.163 e. The molecule has 0 saturated carbocycles. The first-order valence-electron chi connectivity index (χ1n) is 8.21. The molecular weight excluding hydrogens is 368 g/mol. The van der Waals surface area contributed by atoms with Crippen molar-refractivity contribution in [3.05, 3.63) is 64.2 Å². The van der Waals surface area contributed by atoms with E-state index in [1.165, 1.54) is 0 Å². The van der Waals surface area contributed by atoms with Gasteiger partial charge >= 0.3 is 0 Å². The van der Waals surface area contributed by atoms with Gasteiger partial charge in [0.15, 0.2) is 5.78 Å². The zero-order valence-electron chi connectivity index (χ0n) is 13.7. The van der Waals surface area contributed by atoms with Crippen LogP contribution in [0.15, 0.2) is 36.4 Å². The van der Waals surface area contributed by atoms with Crippen molar-refractivity contribution in [1.29, 1.82) is 0 Å². The van der Waals surface area contributed by atoms with E-state index in [4.69, 9.17) is 4.74 Å². The molecule has 1 unspecified atom stereocenters. The number of Topliss-reactive ketones (excluding diaryl/α,β-unsaturated/α-hetero) is 1. The van der Waals surface area contributed by atoms with E-state index in [1.807, 2.05) is 43.3 Å². The van der Waals surface area contributed by atoms with E-state index >= 15 is 0 Å². The van der Waals surface area contributed by atoms with Crippen molar-refractivity contribution in [2.75, 3.05) is 5.33 Å². The Morgan fingerprint density at radius 3 is 2.83 bits per heavy atom. The van der Waals surface area contributed by atoms with Crippen molar-refractivity contribution < 1.29 is 14.6 Å². The van der Waals surface area contributed by atoms with Crippen molar-refractivity contribution in [3.63, 3.8) is 0 Å². The molecule has 0 bridgehead atoms. The molecule has 3 nitrogen and oxygen atoms in total. The summed E-state index contributed by atoms with van der Waals surface area (Å²) in [6, 6.07) is 11.7. The second-order valence-corrected chi connectivity index (χ2v) is 6.89. The summed E-state index contributed by atoms with van der Waals surface area (Å²) in [7, 11) is 0. The summed E-state index contributed by atoms with van der Waals surface area (Å²) in [5.41, 5.74) is 4.96. The van der Waals surface area contributed by atoms with Crippen LogP contribution < -0.4 is 4.74 Å². The van der Waals surface area contributed by atoms with E-state index in [2.05, 4.69) is 15.9 Å². The third-order valence-electron chi connectivity index (χ3n) is 4.53. The van der Waals surface area contributed by atoms with Crippen LogP contribution in [0.1, 0.15) is 51.6 Å². The normalized spacial score (nSPS) is 15.0. The molecule has 3 rings (SSSR count). The number of aliphatic hydroxyl groups is 1. The summed E-state index contributed by atoms with van der Waals surface area (Å²) in [4.78, 5) is 12.0. The number of ketones is 1. The van der Waals surface area contributed by atoms with E-state index in [-0.39, 0.29) is 5.78 Å². The molecule has 0 heterocycles. The lowest BCUT2D eigenvalue weighted by molar-refractivity contribution is 0.0972. The van der Waals surface area contributed by atoms with Gasteiger partial charge in [-0.15, -0.1) is 0 Å². The molecular formula is C20H21BrO3. The second-order valence-electron chi connectivity index (χ2n) is 6.24. The number of benzene rings is 2. The third kappa shape index (κ3) is 3.70. The molecule has 1 aliphatic carbocycles. The standard InChI is InChI=1S/C20H21BrO3/c1-13-5-6-15(20(23)11-21)9-16(13)12-24-17-8-7-14-3-2-4-19(22)18(14)10-17/h5-10,20,23H,2-4,11-12H2,1H3. The average molecular weight is 389 g/mol. The van der Waals surface area contributed by atoms with Gasteiger partial charge in [0.05, 0.1) is 6.10 Å². The Hall–Kier alpha value is -1.65. The lowest BCUT2D eigenvalue weighted by Gasteiger charge is -2.17.